The van der Waals surface area contributed by atoms with Crippen LogP contribution in [0.25, 0.3) is 5.57 Å². The summed E-state index contributed by atoms with van der Waals surface area (Å²) in [6.45, 7) is 3.14. The zero-order valence-electron chi connectivity index (χ0n) is 16.5. The first-order valence-corrected chi connectivity index (χ1v) is 10.0. The molecule has 4 N–H and O–H groups in total. The Bertz CT molecular complexity index is 892. The van der Waals surface area contributed by atoms with Gasteiger partial charge in [0.05, 0.1) is 6.04 Å². The fourth-order valence-electron chi connectivity index (χ4n) is 3.43. The number of nitrogens with one attached hydrogen (secondary N) is 2. The molecule has 30 heavy (non-hydrogen) atoms. The highest BCUT2D eigenvalue weighted by Gasteiger charge is 2.27. The van der Waals surface area contributed by atoms with E-state index in [1.165, 1.54) is 10.4 Å². The largest absolute Gasteiger partial charge is 0.382 e. The highest BCUT2D eigenvalue weighted by Crippen LogP contribution is 2.28. The quantitative estimate of drug-likeness (QED) is 0.489. The van der Waals surface area contributed by atoms with Gasteiger partial charge in [-0.15, -0.1) is 4.48 Å². The Labute approximate surface area is 179 Å². The van der Waals surface area contributed by atoms with Gasteiger partial charge in [0.25, 0.3) is 11.8 Å². The minimum Gasteiger partial charge on any atom is -0.382 e. The van der Waals surface area contributed by atoms with Crippen LogP contribution in [-0.2, 0) is 9.53 Å². The number of benzene rings is 1. The first kappa shape index (κ1) is 21.9. The molecule has 1 aromatic rings. The maximum absolute atomic E-state index is 12.5. The lowest BCUT2D eigenvalue weighted by atomic mass is 9.95. The number of allylic oxidation sites excluding steroid dienone is 2. The van der Waals surface area contributed by atoms with E-state index in [2.05, 4.69) is 5.32 Å². The molecule has 0 aromatic heterocycles. The number of carbonyl (C=O) groups is 2. The molecule has 0 bridgehead atoms. The molecule has 160 valence electrons. The van der Waals surface area contributed by atoms with Gasteiger partial charge in [0, 0.05) is 31.0 Å². The molecule has 1 unspecified atom stereocenters. The fraction of sp³-hybridized carbons (Fsp3) is 0.333. The Morgan fingerprint density at radius 1 is 1.23 bits per heavy atom. The van der Waals surface area contributed by atoms with Crippen molar-refractivity contribution in [2.24, 2.45) is 5.73 Å². The van der Waals surface area contributed by atoms with Crippen LogP contribution in [0.3, 0.4) is 0 Å². The van der Waals surface area contributed by atoms with Gasteiger partial charge in [-0.05, 0) is 49.1 Å². The molecule has 0 spiro atoms. The van der Waals surface area contributed by atoms with E-state index in [-0.39, 0.29) is 18.0 Å². The third-order valence-corrected chi connectivity index (χ3v) is 5.55. The number of amides is 2. The van der Waals surface area contributed by atoms with Gasteiger partial charge in [-0.1, -0.05) is 29.8 Å². The number of hydrogen-bond donors (Lipinski definition) is 3. The summed E-state index contributed by atoms with van der Waals surface area (Å²) in [5, 5.41) is 2.59. The maximum Gasteiger partial charge on any atom is 0.273 e. The third-order valence-electron chi connectivity index (χ3n) is 5.19. The molecule has 0 saturated carbocycles. The smallest absolute Gasteiger partial charge is 0.273 e. The van der Waals surface area contributed by atoms with Crippen molar-refractivity contribution in [1.82, 2.24) is 15.8 Å². The maximum atomic E-state index is 12.5. The van der Waals surface area contributed by atoms with Crippen molar-refractivity contribution in [3.8, 4) is 0 Å². The molecule has 1 atom stereocenters. The molecule has 2 amide bonds. The average molecular weight is 435 g/mol. The summed E-state index contributed by atoms with van der Waals surface area (Å²) < 4.78 is 17.8. The lowest BCUT2D eigenvalue weighted by Gasteiger charge is -2.30. The molecule has 0 radical (unpaired) electrons. The van der Waals surface area contributed by atoms with Crippen LogP contribution < -0.4 is 16.6 Å². The van der Waals surface area contributed by atoms with Crippen LogP contribution in [0, 0.1) is 0 Å². The Morgan fingerprint density at radius 2 is 1.90 bits per heavy atom. The molecule has 1 saturated heterocycles. The number of hydrogen-bond acceptors (Lipinski definition) is 5. The van der Waals surface area contributed by atoms with Gasteiger partial charge in [0.15, 0.2) is 0 Å². The van der Waals surface area contributed by atoms with Gasteiger partial charge in [0.1, 0.15) is 10.9 Å². The summed E-state index contributed by atoms with van der Waals surface area (Å²) in [5.74, 6) is -1.29. The summed E-state index contributed by atoms with van der Waals surface area (Å²) in [7, 11) is 0. The summed E-state index contributed by atoms with van der Waals surface area (Å²) in [5.41, 5.74) is 8.80. The molecule has 2 aliphatic rings. The number of halogens is 2. The minimum absolute atomic E-state index is 0.123. The molecular weight excluding hydrogens is 411 g/mol. The lowest BCUT2D eigenvalue weighted by Crippen LogP contribution is -2.39. The SMILES string of the molecule is CC1C(c2ccc(C(=O)NC3CCOCC3)cc2)=CC=CN1C(=O)/C(Cl)=C(\N)NF. The number of nitrogens with two attached hydrogens (primary N) is 1. The van der Waals surface area contributed by atoms with Gasteiger partial charge in [-0.3, -0.25) is 9.59 Å². The number of nitrogens with zero attached hydrogens (tertiary/aromatic N) is 1. The second kappa shape index (κ2) is 9.77. The molecule has 0 aliphatic carbocycles. The van der Waals surface area contributed by atoms with Crippen LogP contribution in [-0.4, -0.2) is 42.0 Å². The zero-order chi connectivity index (χ0) is 21.7. The van der Waals surface area contributed by atoms with E-state index in [9.17, 15) is 14.1 Å². The van der Waals surface area contributed by atoms with Crippen LogP contribution in [0.4, 0.5) is 4.48 Å². The predicted octanol–water partition coefficient (Wildman–Crippen LogP) is 2.56. The normalized spacial score (nSPS) is 20.3. The molecule has 2 aliphatic heterocycles. The van der Waals surface area contributed by atoms with Crippen molar-refractivity contribution in [2.45, 2.75) is 31.8 Å². The predicted molar refractivity (Wildman–Crippen MR) is 112 cm³/mol. The van der Waals surface area contributed by atoms with Crippen molar-refractivity contribution in [3.05, 3.63) is 64.6 Å². The van der Waals surface area contributed by atoms with E-state index in [4.69, 9.17) is 22.1 Å². The molecule has 1 aromatic carbocycles. The van der Waals surface area contributed by atoms with Gasteiger partial charge < -0.3 is 20.7 Å². The van der Waals surface area contributed by atoms with Gasteiger partial charge in [0.2, 0.25) is 0 Å². The van der Waals surface area contributed by atoms with Crippen molar-refractivity contribution in [1.29, 1.82) is 0 Å². The van der Waals surface area contributed by atoms with Gasteiger partial charge >= 0.3 is 0 Å². The van der Waals surface area contributed by atoms with Crippen LogP contribution in [0.1, 0.15) is 35.7 Å². The Kier molecular flexibility index (Phi) is 7.12. The summed E-state index contributed by atoms with van der Waals surface area (Å²) >= 11 is 5.87. The van der Waals surface area contributed by atoms with Gasteiger partial charge in [-0.2, -0.15) is 0 Å². The van der Waals surface area contributed by atoms with E-state index in [0.29, 0.717) is 18.8 Å². The molecule has 7 nitrogen and oxygen atoms in total. The highest BCUT2D eigenvalue weighted by atomic mass is 35.5. The Hall–Kier alpha value is -2.84. The topological polar surface area (TPSA) is 96.7 Å². The minimum atomic E-state index is -0.624. The van der Waals surface area contributed by atoms with Crippen molar-refractivity contribution in [3.63, 3.8) is 0 Å². The first-order chi connectivity index (χ1) is 14.4. The van der Waals surface area contributed by atoms with E-state index in [1.807, 2.05) is 25.1 Å². The van der Waals surface area contributed by atoms with E-state index < -0.39 is 16.8 Å². The van der Waals surface area contributed by atoms with Crippen molar-refractivity contribution in [2.75, 3.05) is 13.2 Å². The zero-order valence-corrected chi connectivity index (χ0v) is 17.3. The summed E-state index contributed by atoms with van der Waals surface area (Å²) in [6, 6.07) is 6.92. The summed E-state index contributed by atoms with van der Waals surface area (Å²) in [4.78, 5) is 26.4. The van der Waals surface area contributed by atoms with Crippen molar-refractivity contribution < 1.29 is 18.8 Å². The first-order valence-electron chi connectivity index (χ1n) is 9.64. The standard InChI is InChI=1S/C21H24ClFN4O3/c1-13-17(3-2-10-27(13)21(29)18(22)19(24)26-23)14-4-6-15(7-5-14)20(28)25-16-8-11-30-12-9-16/h2-7,10,13,16,26H,8-9,11-12,24H2,1H3,(H,25,28)/b19-18-. The average Bonchev–Trinajstić information content (AvgIpc) is 2.78. The van der Waals surface area contributed by atoms with Crippen LogP contribution in [0.5, 0.6) is 0 Å². The van der Waals surface area contributed by atoms with Crippen LogP contribution in [0.15, 0.2) is 53.5 Å². The van der Waals surface area contributed by atoms with Crippen LogP contribution in [0.2, 0.25) is 0 Å². The third kappa shape index (κ3) is 4.83. The summed E-state index contributed by atoms with van der Waals surface area (Å²) in [6.07, 6.45) is 6.75. The second-order valence-electron chi connectivity index (χ2n) is 7.11. The van der Waals surface area contributed by atoms with E-state index in [1.54, 1.807) is 24.4 Å². The molecule has 1 fully saturated rings. The Morgan fingerprint density at radius 3 is 2.53 bits per heavy atom. The molecule has 3 rings (SSSR count). The number of carbonyl (C=O) groups excluding carboxylic acids is 2. The molecular formula is C21H24ClFN4O3. The molecule has 2 heterocycles. The van der Waals surface area contributed by atoms with E-state index in [0.717, 1.165) is 24.0 Å². The number of rotatable bonds is 5. The lowest BCUT2D eigenvalue weighted by molar-refractivity contribution is -0.124. The van der Waals surface area contributed by atoms with Crippen LogP contribution >= 0.6 is 11.6 Å². The molecule has 9 heteroatoms. The Balaban J connectivity index is 1.71. The van der Waals surface area contributed by atoms with Gasteiger partial charge in [-0.25, -0.2) is 5.54 Å². The highest BCUT2D eigenvalue weighted by molar-refractivity contribution is 6.42. The van der Waals surface area contributed by atoms with E-state index >= 15 is 0 Å². The number of ether oxygens (including phenoxy) is 1. The van der Waals surface area contributed by atoms with Crippen molar-refractivity contribution >= 4 is 29.0 Å². The monoisotopic (exact) mass is 434 g/mol. The second-order valence-corrected chi connectivity index (χ2v) is 7.49. The fourth-order valence-corrected chi connectivity index (χ4v) is 3.57.